The number of fused-ring (bicyclic) bond motifs is 1. The second-order valence-corrected chi connectivity index (χ2v) is 9.83. The van der Waals surface area contributed by atoms with Gasteiger partial charge >= 0.3 is 0 Å². The van der Waals surface area contributed by atoms with Gasteiger partial charge in [0.25, 0.3) is 0 Å². The maximum Gasteiger partial charge on any atom is 0.141 e. The molecule has 0 spiro atoms. The summed E-state index contributed by atoms with van der Waals surface area (Å²) in [5.74, 6) is 1.25. The van der Waals surface area contributed by atoms with Gasteiger partial charge in [-0.05, 0) is 50.8 Å². The summed E-state index contributed by atoms with van der Waals surface area (Å²) in [6, 6.07) is 4.05. The fourth-order valence-corrected chi connectivity index (χ4v) is 5.18. The van der Waals surface area contributed by atoms with Crippen molar-refractivity contribution in [1.29, 1.82) is 0 Å². The van der Waals surface area contributed by atoms with Crippen LogP contribution in [0.5, 0.6) is 0 Å². The molecule has 33 heavy (non-hydrogen) atoms. The fourth-order valence-electron chi connectivity index (χ4n) is 5.18. The van der Waals surface area contributed by atoms with Crippen molar-refractivity contribution < 1.29 is 4.79 Å². The molecule has 3 aromatic rings. The maximum absolute atomic E-state index is 13.0. The summed E-state index contributed by atoms with van der Waals surface area (Å²) >= 11 is 0. The van der Waals surface area contributed by atoms with E-state index >= 15 is 0 Å². The zero-order chi connectivity index (χ0) is 22.8. The molecule has 1 saturated carbocycles. The van der Waals surface area contributed by atoms with Crippen LogP contribution in [0.25, 0.3) is 22.2 Å². The largest absolute Gasteiger partial charge is 0.304 e. The molecular formula is C25H33N7O. The first kappa shape index (κ1) is 22.1. The molecule has 0 atom stereocenters. The third-order valence-electron chi connectivity index (χ3n) is 7.29. The Balaban J connectivity index is 1.18. The number of Topliss-reactive ketones (excluding diaryl/α,β-unsaturated/α-hetero) is 1. The zero-order valence-electron chi connectivity index (χ0n) is 19.7. The Hall–Kier alpha value is -2.71. The Labute approximate surface area is 195 Å². The van der Waals surface area contributed by atoms with Crippen molar-refractivity contribution in [3.8, 4) is 11.3 Å². The monoisotopic (exact) mass is 447 g/mol. The number of rotatable bonds is 6. The van der Waals surface area contributed by atoms with E-state index in [1.54, 1.807) is 17.1 Å². The molecule has 0 aromatic carbocycles. The van der Waals surface area contributed by atoms with Crippen molar-refractivity contribution >= 4 is 16.7 Å². The summed E-state index contributed by atoms with van der Waals surface area (Å²) in [5, 5.41) is 9.15. The minimum Gasteiger partial charge on any atom is -0.304 e. The van der Waals surface area contributed by atoms with Crippen LogP contribution in [-0.4, -0.2) is 80.3 Å². The number of hydrogen-bond acceptors (Lipinski definition) is 7. The topological polar surface area (TPSA) is 80.0 Å². The molecule has 2 aliphatic rings. The van der Waals surface area contributed by atoms with Gasteiger partial charge in [0.2, 0.25) is 0 Å². The van der Waals surface area contributed by atoms with E-state index in [0.717, 1.165) is 46.6 Å². The fraction of sp³-hybridized carbons (Fsp3) is 0.560. The van der Waals surface area contributed by atoms with E-state index in [-0.39, 0.29) is 5.92 Å². The summed E-state index contributed by atoms with van der Waals surface area (Å²) in [7, 11) is 4.05. The van der Waals surface area contributed by atoms with Crippen molar-refractivity contribution in [3.05, 3.63) is 36.4 Å². The Bertz CT molecular complexity index is 1110. The molecular weight excluding hydrogens is 414 g/mol. The van der Waals surface area contributed by atoms with Gasteiger partial charge in [-0.3, -0.25) is 19.4 Å². The van der Waals surface area contributed by atoms with Gasteiger partial charge in [0.05, 0.1) is 17.9 Å². The third kappa shape index (κ3) is 5.28. The molecule has 2 fully saturated rings. The van der Waals surface area contributed by atoms with Crippen molar-refractivity contribution in [1.82, 2.24) is 34.8 Å². The second kappa shape index (κ2) is 9.65. The number of nitrogens with zero attached hydrogens (tertiary/aromatic N) is 7. The van der Waals surface area contributed by atoms with Crippen LogP contribution in [0.4, 0.5) is 0 Å². The SMILES string of the molecule is CN1CCN(CC2CCC(C(=O)Cc3cc4cc(-c5cn(C)nn5)cnc4cn3)CC2)CC1. The average molecular weight is 448 g/mol. The van der Waals surface area contributed by atoms with Crippen molar-refractivity contribution in [2.45, 2.75) is 32.1 Å². The Kier molecular flexibility index (Phi) is 6.46. The number of hydrogen-bond donors (Lipinski definition) is 0. The standard InChI is InChI=1S/C25H33N7O/c1-30-7-9-32(10-8-30)16-18-3-5-19(6-4-18)25(33)13-22-12-20-11-21(14-27-23(20)15-26-22)24-17-31(2)29-28-24/h11-12,14-15,17-19H,3-10,13,16H2,1-2H3. The van der Waals surface area contributed by atoms with Crippen molar-refractivity contribution in [2.75, 3.05) is 39.8 Å². The lowest BCUT2D eigenvalue weighted by Gasteiger charge is -2.36. The number of piperazine rings is 1. The maximum atomic E-state index is 13.0. The molecule has 4 heterocycles. The number of likely N-dealkylation sites (N-methyl/N-ethyl adjacent to an activating group) is 1. The van der Waals surface area contributed by atoms with Gasteiger partial charge in [0.15, 0.2) is 0 Å². The molecule has 1 aliphatic carbocycles. The lowest BCUT2D eigenvalue weighted by molar-refractivity contribution is -0.123. The molecule has 0 radical (unpaired) electrons. The van der Waals surface area contributed by atoms with E-state index in [2.05, 4.69) is 37.1 Å². The molecule has 0 bridgehead atoms. The Morgan fingerprint density at radius 1 is 1.00 bits per heavy atom. The Morgan fingerprint density at radius 2 is 1.79 bits per heavy atom. The highest BCUT2D eigenvalue weighted by molar-refractivity contribution is 5.86. The second-order valence-electron chi connectivity index (χ2n) is 9.83. The first-order chi connectivity index (χ1) is 16.0. The van der Waals surface area contributed by atoms with Crippen LogP contribution in [0, 0.1) is 11.8 Å². The van der Waals surface area contributed by atoms with Crippen LogP contribution in [-0.2, 0) is 18.3 Å². The highest BCUT2D eigenvalue weighted by Crippen LogP contribution is 2.31. The summed E-state index contributed by atoms with van der Waals surface area (Å²) < 4.78 is 1.68. The first-order valence-electron chi connectivity index (χ1n) is 12.1. The molecule has 3 aromatic heterocycles. The van der Waals surface area contributed by atoms with Gasteiger partial charge in [-0.1, -0.05) is 5.21 Å². The van der Waals surface area contributed by atoms with Gasteiger partial charge in [0.1, 0.15) is 11.5 Å². The van der Waals surface area contributed by atoms with Crippen LogP contribution in [0.15, 0.2) is 30.7 Å². The number of pyridine rings is 2. The van der Waals surface area contributed by atoms with E-state index in [9.17, 15) is 4.79 Å². The number of carbonyl (C=O) groups is 1. The number of ketones is 1. The zero-order valence-corrected chi connectivity index (χ0v) is 19.7. The summed E-state index contributed by atoms with van der Waals surface area (Å²) in [6.07, 6.45) is 10.2. The van der Waals surface area contributed by atoms with Crippen molar-refractivity contribution in [3.63, 3.8) is 0 Å². The van der Waals surface area contributed by atoms with Gasteiger partial charge < -0.3 is 9.80 Å². The van der Waals surface area contributed by atoms with Crippen LogP contribution in [0.3, 0.4) is 0 Å². The van der Waals surface area contributed by atoms with Gasteiger partial charge in [0, 0.05) is 75.0 Å². The normalized spacial score (nSPS) is 22.6. The van der Waals surface area contributed by atoms with Crippen LogP contribution >= 0.6 is 0 Å². The highest BCUT2D eigenvalue weighted by Gasteiger charge is 2.28. The highest BCUT2D eigenvalue weighted by atomic mass is 16.1. The van der Waals surface area contributed by atoms with Crippen molar-refractivity contribution in [2.24, 2.45) is 18.9 Å². The minimum atomic E-state index is 0.176. The van der Waals surface area contributed by atoms with Gasteiger partial charge in [-0.25, -0.2) is 0 Å². The number of aromatic nitrogens is 5. The summed E-state index contributed by atoms with van der Waals surface area (Å²) in [4.78, 5) is 27.1. The predicted molar refractivity (Wildman–Crippen MR) is 128 cm³/mol. The molecule has 174 valence electrons. The lowest BCUT2D eigenvalue weighted by Crippen LogP contribution is -2.46. The molecule has 0 unspecified atom stereocenters. The third-order valence-corrected chi connectivity index (χ3v) is 7.29. The number of carbonyl (C=O) groups excluding carboxylic acids is 1. The molecule has 1 saturated heterocycles. The molecule has 5 rings (SSSR count). The first-order valence-corrected chi connectivity index (χ1v) is 12.1. The van der Waals surface area contributed by atoms with Crippen LogP contribution < -0.4 is 0 Å². The molecule has 8 nitrogen and oxygen atoms in total. The predicted octanol–water partition coefficient (Wildman–Crippen LogP) is 2.59. The molecule has 1 aliphatic heterocycles. The quantitative estimate of drug-likeness (QED) is 0.575. The molecule has 8 heteroatoms. The van der Waals surface area contributed by atoms with E-state index in [1.807, 2.05) is 25.4 Å². The van der Waals surface area contributed by atoms with E-state index in [0.29, 0.717) is 12.2 Å². The van der Waals surface area contributed by atoms with Gasteiger partial charge in [-0.15, -0.1) is 5.10 Å². The van der Waals surface area contributed by atoms with E-state index in [4.69, 9.17) is 0 Å². The van der Waals surface area contributed by atoms with E-state index in [1.165, 1.54) is 45.6 Å². The molecule has 0 amide bonds. The molecule has 0 N–H and O–H groups in total. The number of aryl methyl sites for hydroxylation is 1. The van der Waals surface area contributed by atoms with Crippen LogP contribution in [0.1, 0.15) is 31.4 Å². The van der Waals surface area contributed by atoms with E-state index < -0.39 is 0 Å². The summed E-state index contributed by atoms with van der Waals surface area (Å²) in [5.41, 5.74) is 3.35. The minimum absolute atomic E-state index is 0.176. The average Bonchev–Trinajstić information content (AvgIpc) is 3.27. The smallest absolute Gasteiger partial charge is 0.141 e. The lowest BCUT2D eigenvalue weighted by atomic mass is 9.79. The Morgan fingerprint density at radius 3 is 2.52 bits per heavy atom. The van der Waals surface area contributed by atoms with Gasteiger partial charge in [-0.2, -0.15) is 0 Å². The van der Waals surface area contributed by atoms with Crippen LogP contribution in [0.2, 0.25) is 0 Å². The summed E-state index contributed by atoms with van der Waals surface area (Å²) in [6.45, 7) is 5.89.